The van der Waals surface area contributed by atoms with Crippen LogP contribution < -0.4 is 11.1 Å². The van der Waals surface area contributed by atoms with Crippen molar-refractivity contribution in [2.75, 3.05) is 38.2 Å². The zero-order valence-electron chi connectivity index (χ0n) is 17.5. The lowest BCUT2D eigenvalue weighted by atomic mass is 10.1. The van der Waals surface area contributed by atoms with E-state index in [0.717, 1.165) is 46.7 Å². The molecule has 1 unspecified atom stereocenters. The van der Waals surface area contributed by atoms with Crippen molar-refractivity contribution in [2.24, 2.45) is 0 Å². The smallest absolute Gasteiger partial charge is 0.319 e. The van der Waals surface area contributed by atoms with E-state index in [4.69, 9.17) is 22.3 Å². The van der Waals surface area contributed by atoms with Gasteiger partial charge in [-0.1, -0.05) is 29.8 Å². The second kappa shape index (κ2) is 7.46. The molecule has 0 radical (unpaired) electrons. The van der Waals surface area contributed by atoms with Crippen LogP contribution in [0.4, 0.5) is 16.3 Å². The Balaban J connectivity index is 1.53. The first-order valence-electron chi connectivity index (χ1n) is 10.3. The van der Waals surface area contributed by atoms with Crippen LogP contribution in [-0.2, 0) is 6.42 Å². The molecule has 0 saturated carbocycles. The number of aromatic nitrogens is 3. The molecule has 160 valence electrons. The van der Waals surface area contributed by atoms with E-state index < -0.39 is 0 Å². The van der Waals surface area contributed by atoms with Crippen molar-refractivity contribution in [1.82, 2.24) is 24.2 Å². The Morgan fingerprint density at radius 2 is 2.19 bits per heavy atom. The lowest BCUT2D eigenvalue weighted by molar-refractivity contribution is 0.176. The molecule has 5 rings (SSSR count). The summed E-state index contributed by atoms with van der Waals surface area (Å²) in [7, 11) is 3.54. The third-order valence-corrected chi connectivity index (χ3v) is 6.25. The van der Waals surface area contributed by atoms with Gasteiger partial charge in [0.15, 0.2) is 0 Å². The summed E-state index contributed by atoms with van der Waals surface area (Å²) in [5, 5.41) is 4.22. The Hall–Kier alpha value is -3.26. The summed E-state index contributed by atoms with van der Waals surface area (Å²) >= 11 is 6.39. The fourth-order valence-electron chi connectivity index (χ4n) is 4.40. The van der Waals surface area contributed by atoms with Gasteiger partial charge >= 0.3 is 6.03 Å². The summed E-state index contributed by atoms with van der Waals surface area (Å²) in [5.74, 6) is 1.29. The predicted octanol–water partition coefficient (Wildman–Crippen LogP) is 3.44. The third-order valence-electron chi connectivity index (χ3n) is 5.93. The standard InChI is InChI=1S/C22H24ClN7O/c1-28(2)22(31)29-9-6-13(7-10-29)21-27-18(19-20(24)25-8-11-30(19)21)16-12-14-4-3-5-15(23)17(14)26-16/h3-6,8,11,16,26H,7,9-10,12H2,1-2H3,(H2,24,25). The Kier molecular flexibility index (Phi) is 4.74. The minimum Gasteiger partial charge on any atom is -0.382 e. The van der Waals surface area contributed by atoms with Gasteiger partial charge in [0.05, 0.1) is 22.4 Å². The monoisotopic (exact) mass is 437 g/mol. The number of para-hydroxylation sites is 1. The molecule has 0 saturated heterocycles. The number of imidazole rings is 1. The largest absolute Gasteiger partial charge is 0.382 e. The Morgan fingerprint density at radius 1 is 1.35 bits per heavy atom. The molecule has 9 heteroatoms. The fraction of sp³-hybridized carbons (Fsp3) is 0.318. The van der Waals surface area contributed by atoms with Crippen LogP contribution >= 0.6 is 11.6 Å². The van der Waals surface area contributed by atoms with Crippen molar-refractivity contribution in [3.05, 3.63) is 58.8 Å². The summed E-state index contributed by atoms with van der Waals surface area (Å²) in [6.45, 7) is 1.20. The molecule has 1 atom stereocenters. The second-order valence-corrected chi connectivity index (χ2v) is 8.54. The maximum atomic E-state index is 12.3. The molecule has 1 aromatic carbocycles. The Morgan fingerprint density at radius 3 is 2.90 bits per heavy atom. The summed E-state index contributed by atoms with van der Waals surface area (Å²) in [4.78, 5) is 25.0. The molecule has 0 spiro atoms. The first-order chi connectivity index (χ1) is 14.9. The molecule has 31 heavy (non-hydrogen) atoms. The molecule has 0 fully saturated rings. The van der Waals surface area contributed by atoms with E-state index in [1.165, 1.54) is 0 Å². The normalized spacial score (nSPS) is 18.0. The van der Waals surface area contributed by atoms with E-state index in [-0.39, 0.29) is 12.1 Å². The van der Waals surface area contributed by atoms with E-state index in [1.807, 2.05) is 27.6 Å². The molecule has 2 aliphatic heterocycles. The van der Waals surface area contributed by atoms with Gasteiger partial charge in [0.25, 0.3) is 0 Å². The minimum atomic E-state index is -0.0406. The van der Waals surface area contributed by atoms with Crippen LogP contribution in [-0.4, -0.2) is 57.4 Å². The number of hydrogen-bond donors (Lipinski definition) is 2. The molecule has 3 N–H and O–H groups in total. The van der Waals surface area contributed by atoms with Gasteiger partial charge < -0.3 is 20.9 Å². The van der Waals surface area contributed by atoms with Crippen molar-refractivity contribution in [2.45, 2.75) is 18.9 Å². The summed E-state index contributed by atoms with van der Waals surface area (Å²) in [5.41, 5.74) is 11.2. The van der Waals surface area contributed by atoms with Crippen LogP contribution in [0.15, 0.2) is 36.7 Å². The fourth-order valence-corrected chi connectivity index (χ4v) is 4.65. The summed E-state index contributed by atoms with van der Waals surface area (Å²) < 4.78 is 2.01. The number of anilines is 2. The van der Waals surface area contributed by atoms with Crippen molar-refractivity contribution in [1.29, 1.82) is 0 Å². The highest BCUT2D eigenvalue weighted by atomic mass is 35.5. The lowest BCUT2D eigenvalue weighted by Crippen LogP contribution is -2.41. The van der Waals surface area contributed by atoms with Gasteiger partial charge in [-0.3, -0.25) is 4.40 Å². The van der Waals surface area contributed by atoms with Gasteiger partial charge in [-0.05, 0) is 23.6 Å². The number of nitrogens with one attached hydrogen (secondary N) is 1. The Bertz CT molecular complexity index is 1220. The molecular weight excluding hydrogens is 414 g/mol. The molecular formula is C22H24ClN7O. The van der Waals surface area contributed by atoms with E-state index >= 15 is 0 Å². The number of halogens is 1. The number of carbonyl (C=O) groups excluding carboxylic acids is 1. The van der Waals surface area contributed by atoms with Gasteiger partial charge in [0, 0.05) is 46.0 Å². The quantitative estimate of drug-likeness (QED) is 0.640. The molecule has 2 aromatic heterocycles. The van der Waals surface area contributed by atoms with E-state index in [2.05, 4.69) is 22.4 Å². The van der Waals surface area contributed by atoms with Crippen molar-refractivity contribution < 1.29 is 4.79 Å². The topological polar surface area (TPSA) is 91.8 Å². The number of nitrogens with zero attached hydrogens (tertiary/aromatic N) is 5. The molecule has 2 amide bonds. The first kappa shape index (κ1) is 19.7. The van der Waals surface area contributed by atoms with E-state index in [9.17, 15) is 4.79 Å². The van der Waals surface area contributed by atoms with Gasteiger partial charge in [-0.2, -0.15) is 0 Å². The van der Waals surface area contributed by atoms with E-state index in [0.29, 0.717) is 23.9 Å². The SMILES string of the molecule is CN(C)C(=O)N1CC=C(c2nc(C3Cc4cccc(Cl)c4N3)c3c(N)nccn23)CC1. The second-order valence-electron chi connectivity index (χ2n) is 8.13. The third kappa shape index (κ3) is 3.27. The minimum absolute atomic E-state index is 0.0159. The number of hydrogen-bond acceptors (Lipinski definition) is 5. The Labute approximate surface area is 185 Å². The molecule has 8 nitrogen and oxygen atoms in total. The number of amides is 2. The predicted molar refractivity (Wildman–Crippen MR) is 122 cm³/mol. The number of nitrogens with two attached hydrogens (primary N) is 1. The summed E-state index contributed by atoms with van der Waals surface area (Å²) in [6, 6.07) is 5.90. The van der Waals surface area contributed by atoms with Crippen LogP contribution in [0.1, 0.15) is 29.5 Å². The summed E-state index contributed by atoms with van der Waals surface area (Å²) in [6.07, 6.45) is 7.17. The van der Waals surface area contributed by atoms with Crippen LogP contribution in [0.3, 0.4) is 0 Å². The van der Waals surface area contributed by atoms with E-state index in [1.54, 1.807) is 25.2 Å². The molecule has 3 aromatic rings. The number of urea groups is 1. The van der Waals surface area contributed by atoms with Gasteiger partial charge in [0.2, 0.25) is 0 Å². The highest BCUT2D eigenvalue weighted by Gasteiger charge is 2.30. The first-order valence-corrected chi connectivity index (χ1v) is 10.6. The number of carbonyl (C=O) groups is 1. The van der Waals surface area contributed by atoms with Gasteiger partial charge in [-0.15, -0.1) is 0 Å². The average molecular weight is 438 g/mol. The van der Waals surface area contributed by atoms with Crippen molar-refractivity contribution >= 4 is 40.2 Å². The number of fused-ring (bicyclic) bond motifs is 2. The van der Waals surface area contributed by atoms with Crippen LogP contribution in [0.5, 0.6) is 0 Å². The number of benzene rings is 1. The van der Waals surface area contributed by atoms with Crippen LogP contribution in [0.25, 0.3) is 11.1 Å². The highest BCUT2D eigenvalue weighted by molar-refractivity contribution is 6.33. The van der Waals surface area contributed by atoms with Crippen LogP contribution in [0.2, 0.25) is 5.02 Å². The highest BCUT2D eigenvalue weighted by Crippen LogP contribution is 2.40. The lowest BCUT2D eigenvalue weighted by Gasteiger charge is -2.28. The zero-order valence-corrected chi connectivity index (χ0v) is 18.2. The van der Waals surface area contributed by atoms with Crippen molar-refractivity contribution in [3.63, 3.8) is 0 Å². The number of nitrogen functional groups attached to an aromatic ring is 1. The van der Waals surface area contributed by atoms with Crippen LogP contribution in [0, 0.1) is 0 Å². The van der Waals surface area contributed by atoms with Gasteiger partial charge in [0.1, 0.15) is 17.2 Å². The van der Waals surface area contributed by atoms with Crippen molar-refractivity contribution in [3.8, 4) is 0 Å². The maximum absolute atomic E-state index is 12.3. The average Bonchev–Trinajstić information content (AvgIpc) is 3.37. The molecule has 0 aliphatic carbocycles. The molecule has 4 heterocycles. The maximum Gasteiger partial charge on any atom is 0.319 e. The number of rotatable bonds is 2. The molecule has 2 aliphatic rings. The zero-order chi connectivity index (χ0) is 21.7. The molecule has 0 bridgehead atoms. The van der Waals surface area contributed by atoms with Gasteiger partial charge in [-0.25, -0.2) is 14.8 Å².